The molecule has 9 heteroatoms. The molecule has 0 aromatic rings. The van der Waals surface area contributed by atoms with E-state index in [4.69, 9.17) is 4.74 Å². The number of hydrogen-bond donors (Lipinski definition) is 1. The van der Waals surface area contributed by atoms with Gasteiger partial charge in [0, 0.05) is 12.2 Å². The van der Waals surface area contributed by atoms with E-state index in [-0.39, 0.29) is 0 Å². The van der Waals surface area contributed by atoms with Gasteiger partial charge in [0.1, 0.15) is 11.4 Å². The Kier molecular flexibility index (Phi) is 5.83. The van der Waals surface area contributed by atoms with E-state index in [1.807, 2.05) is 0 Å². The summed E-state index contributed by atoms with van der Waals surface area (Å²) in [6, 6.07) is -1.62. The largest absolute Gasteiger partial charge is 0.480 e. The number of carbonyl (C=O) groups excluding carboxylic acids is 4. The van der Waals surface area contributed by atoms with Crippen molar-refractivity contribution in [2.24, 2.45) is 0 Å². The molecular formula is C15H20N2O7. The summed E-state index contributed by atoms with van der Waals surface area (Å²) in [5.74, 6) is -3.46. The van der Waals surface area contributed by atoms with Crippen molar-refractivity contribution < 1.29 is 33.8 Å². The van der Waals surface area contributed by atoms with Crippen molar-refractivity contribution in [1.29, 1.82) is 0 Å². The second-order valence-electron chi connectivity index (χ2n) is 6.30. The molecule has 1 heterocycles. The molecule has 1 aliphatic heterocycles. The summed E-state index contributed by atoms with van der Waals surface area (Å²) >= 11 is 0. The predicted octanol–water partition coefficient (Wildman–Crippen LogP) is 0.191. The number of nitrogens with zero attached hydrogens (tertiary/aromatic N) is 2. The highest BCUT2D eigenvalue weighted by Gasteiger charge is 2.38. The lowest BCUT2D eigenvalue weighted by Crippen LogP contribution is -2.53. The number of imide groups is 1. The fraction of sp³-hybridized carbons (Fsp3) is 0.533. The van der Waals surface area contributed by atoms with E-state index in [2.05, 4.69) is 0 Å². The fourth-order valence-electron chi connectivity index (χ4n) is 2.00. The molecule has 9 nitrogen and oxygen atoms in total. The van der Waals surface area contributed by atoms with Gasteiger partial charge in [0.05, 0.1) is 13.1 Å². The smallest absolute Gasteiger partial charge is 0.410 e. The first kappa shape index (κ1) is 19.3. The Morgan fingerprint density at radius 3 is 2.08 bits per heavy atom. The van der Waals surface area contributed by atoms with Gasteiger partial charge in [-0.15, -0.1) is 0 Å². The normalized spacial score (nSPS) is 15.4. The molecule has 0 spiro atoms. The van der Waals surface area contributed by atoms with E-state index in [1.54, 1.807) is 20.8 Å². The summed E-state index contributed by atoms with van der Waals surface area (Å²) in [6.45, 7) is 5.11. The van der Waals surface area contributed by atoms with Crippen molar-refractivity contribution in [3.63, 3.8) is 0 Å². The third-order valence-corrected chi connectivity index (χ3v) is 2.90. The average molecular weight is 340 g/mol. The van der Waals surface area contributed by atoms with Gasteiger partial charge in [-0.2, -0.15) is 0 Å². The molecule has 0 bridgehead atoms. The molecule has 0 aromatic carbocycles. The Labute approximate surface area is 138 Å². The molecule has 24 heavy (non-hydrogen) atoms. The first-order valence-corrected chi connectivity index (χ1v) is 7.18. The monoisotopic (exact) mass is 340 g/mol. The highest BCUT2D eigenvalue weighted by Crippen LogP contribution is 2.14. The van der Waals surface area contributed by atoms with Crippen LogP contribution in [0.1, 0.15) is 27.7 Å². The highest BCUT2D eigenvalue weighted by atomic mass is 16.6. The van der Waals surface area contributed by atoms with E-state index < -0.39 is 54.4 Å². The van der Waals surface area contributed by atoms with Gasteiger partial charge in [0.2, 0.25) is 0 Å². The van der Waals surface area contributed by atoms with E-state index in [9.17, 15) is 29.1 Å². The van der Waals surface area contributed by atoms with Crippen LogP contribution in [0, 0.1) is 0 Å². The van der Waals surface area contributed by atoms with Crippen molar-refractivity contribution in [2.75, 3.05) is 13.1 Å². The Bertz CT molecular complexity index is 585. The second-order valence-corrected chi connectivity index (χ2v) is 6.30. The summed E-state index contributed by atoms with van der Waals surface area (Å²) < 4.78 is 5.14. The number of carboxylic acid groups (broad SMARTS) is 1. The Morgan fingerprint density at radius 1 is 1.21 bits per heavy atom. The number of ketones is 1. The molecule has 0 unspecified atom stereocenters. The highest BCUT2D eigenvalue weighted by molar-refractivity contribution is 6.14. The zero-order valence-corrected chi connectivity index (χ0v) is 13.9. The predicted molar refractivity (Wildman–Crippen MR) is 80.9 cm³/mol. The minimum absolute atomic E-state index is 0.400. The lowest BCUT2D eigenvalue weighted by molar-refractivity contribution is -0.154. The summed E-state index contributed by atoms with van der Waals surface area (Å²) in [5.41, 5.74) is -0.855. The third kappa shape index (κ3) is 5.18. The Hall–Kier alpha value is -2.71. The van der Waals surface area contributed by atoms with Crippen LogP contribution in [0.2, 0.25) is 0 Å². The molecular weight excluding hydrogens is 320 g/mol. The van der Waals surface area contributed by atoms with Gasteiger partial charge in [-0.1, -0.05) is 0 Å². The maximum absolute atomic E-state index is 12.2. The number of ether oxygens (including phenoxy) is 1. The first-order valence-electron chi connectivity index (χ1n) is 7.18. The fourth-order valence-corrected chi connectivity index (χ4v) is 2.00. The number of hydrogen-bond acceptors (Lipinski definition) is 6. The minimum atomic E-state index is -1.62. The molecule has 0 aromatic heterocycles. The van der Waals surface area contributed by atoms with Crippen LogP contribution in [-0.2, 0) is 23.9 Å². The lowest BCUT2D eigenvalue weighted by Gasteiger charge is -2.31. The number of Topliss-reactive ketones (excluding diaryl/α,β-unsaturated/α-hetero) is 1. The molecule has 0 saturated heterocycles. The molecule has 1 rings (SSSR count). The number of carboxylic acids is 1. The molecule has 0 fully saturated rings. The number of rotatable bonds is 6. The van der Waals surface area contributed by atoms with Crippen LogP contribution in [0.15, 0.2) is 12.2 Å². The van der Waals surface area contributed by atoms with Crippen molar-refractivity contribution in [2.45, 2.75) is 39.3 Å². The molecule has 0 saturated carbocycles. The van der Waals surface area contributed by atoms with Gasteiger partial charge in [-0.25, -0.2) is 9.59 Å². The summed E-state index contributed by atoms with van der Waals surface area (Å²) in [6.07, 6.45) is 0.985. The van der Waals surface area contributed by atoms with Crippen LogP contribution in [-0.4, -0.2) is 69.3 Å². The molecule has 0 radical (unpaired) electrons. The van der Waals surface area contributed by atoms with Gasteiger partial charge >= 0.3 is 12.1 Å². The van der Waals surface area contributed by atoms with Gasteiger partial charge in [0.15, 0.2) is 6.04 Å². The number of amides is 3. The van der Waals surface area contributed by atoms with Gasteiger partial charge in [-0.05, 0) is 27.7 Å². The van der Waals surface area contributed by atoms with Gasteiger partial charge in [-0.3, -0.25) is 24.2 Å². The van der Waals surface area contributed by atoms with Crippen molar-refractivity contribution in [3.05, 3.63) is 12.2 Å². The summed E-state index contributed by atoms with van der Waals surface area (Å²) in [5, 5.41) is 9.33. The summed E-state index contributed by atoms with van der Waals surface area (Å²) in [7, 11) is 0. The molecule has 1 atom stereocenters. The van der Waals surface area contributed by atoms with Crippen LogP contribution in [0.5, 0.6) is 0 Å². The summed E-state index contributed by atoms with van der Waals surface area (Å²) in [4.78, 5) is 59.8. The molecule has 3 amide bonds. The van der Waals surface area contributed by atoms with Crippen LogP contribution in [0.25, 0.3) is 0 Å². The standard InChI is InChI=1S/C15H20N2O7/c1-9(18)7-16(14(23)24-15(2,3)4)8-10(13(21)22)17-11(19)5-6-12(17)20/h5-6,10H,7-8H2,1-4H3,(H,21,22)/t10-/m1/s1. The topological polar surface area (TPSA) is 121 Å². The van der Waals surface area contributed by atoms with Gasteiger partial charge < -0.3 is 9.84 Å². The van der Waals surface area contributed by atoms with Gasteiger partial charge in [0.25, 0.3) is 11.8 Å². The SMILES string of the molecule is CC(=O)CN(C[C@H](C(=O)O)N1C(=O)C=CC1=O)C(=O)OC(C)(C)C. The molecule has 132 valence electrons. The van der Waals surface area contributed by atoms with Crippen LogP contribution in [0.3, 0.4) is 0 Å². The van der Waals surface area contributed by atoms with Crippen molar-refractivity contribution in [1.82, 2.24) is 9.80 Å². The zero-order valence-electron chi connectivity index (χ0n) is 13.9. The minimum Gasteiger partial charge on any atom is -0.480 e. The number of carbonyl (C=O) groups is 5. The van der Waals surface area contributed by atoms with Crippen molar-refractivity contribution >= 4 is 29.7 Å². The average Bonchev–Trinajstić information content (AvgIpc) is 2.71. The maximum atomic E-state index is 12.2. The van der Waals surface area contributed by atoms with E-state index in [1.165, 1.54) is 6.92 Å². The third-order valence-electron chi connectivity index (χ3n) is 2.90. The quantitative estimate of drug-likeness (QED) is 0.685. The zero-order chi connectivity index (χ0) is 18.7. The number of aliphatic carboxylic acids is 1. The Balaban J connectivity index is 3.02. The molecule has 1 aliphatic rings. The van der Waals surface area contributed by atoms with Crippen molar-refractivity contribution in [3.8, 4) is 0 Å². The Morgan fingerprint density at radius 2 is 1.71 bits per heavy atom. The van der Waals surface area contributed by atoms with E-state index >= 15 is 0 Å². The molecule has 0 aliphatic carbocycles. The first-order chi connectivity index (χ1) is 10.9. The van der Waals surface area contributed by atoms with E-state index in [0.717, 1.165) is 17.1 Å². The molecule has 1 N–H and O–H groups in total. The second kappa shape index (κ2) is 7.24. The van der Waals surface area contributed by atoms with Crippen LogP contribution < -0.4 is 0 Å². The van der Waals surface area contributed by atoms with Crippen LogP contribution >= 0.6 is 0 Å². The van der Waals surface area contributed by atoms with Crippen LogP contribution in [0.4, 0.5) is 4.79 Å². The van der Waals surface area contributed by atoms with E-state index in [0.29, 0.717) is 4.90 Å². The lowest BCUT2D eigenvalue weighted by atomic mass is 10.2. The maximum Gasteiger partial charge on any atom is 0.410 e.